The zero-order valence-corrected chi connectivity index (χ0v) is 9.66. The van der Waals surface area contributed by atoms with Gasteiger partial charge in [0.2, 0.25) is 0 Å². The van der Waals surface area contributed by atoms with Crippen molar-refractivity contribution in [2.45, 2.75) is 11.3 Å². The van der Waals surface area contributed by atoms with Crippen LogP contribution in [-0.2, 0) is 14.3 Å². The minimum atomic E-state index is -3.71. The van der Waals surface area contributed by atoms with E-state index in [1.807, 2.05) is 0 Å². The Hall–Kier alpha value is -1.51. The molecule has 5 heteroatoms. The van der Waals surface area contributed by atoms with Gasteiger partial charge < -0.3 is 4.74 Å². The summed E-state index contributed by atoms with van der Waals surface area (Å²) in [6, 6.07) is 5.95. The third kappa shape index (κ3) is 3.26. The molecule has 86 valence electrons. The molecule has 0 radical (unpaired) electrons. The van der Waals surface area contributed by atoms with Crippen LogP contribution in [0.25, 0.3) is 0 Å². The lowest BCUT2D eigenvalue weighted by Crippen LogP contribution is -2.07. The fourth-order valence-electron chi connectivity index (χ4n) is 1.02. The van der Waals surface area contributed by atoms with Gasteiger partial charge in [0, 0.05) is 6.42 Å². The first-order valence-electron chi connectivity index (χ1n) is 4.57. The first-order valence-corrected chi connectivity index (χ1v) is 5.98. The quantitative estimate of drug-likeness (QED) is 0.444. The molecule has 1 rings (SSSR count). The van der Waals surface area contributed by atoms with E-state index in [0.717, 1.165) is 0 Å². The highest BCUT2D eigenvalue weighted by atomic mass is 32.2. The first-order chi connectivity index (χ1) is 7.60. The molecule has 0 aliphatic heterocycles. The number of terminal acetylenes is 1. The number of hydrogen-bond acceptors (Lipinski definition) is 4. The van der Waals surface area contributed by atoms with Crippen LogP contribution >= 0.6 is 0 Å². The minimum Gasteiger partial charge on any atom is -0.497 e. The van der Waals surface area contributed by atoms with E-state index < -0.39 is 10.1 Å². The monoisotopic (exact) mass is 240 g/mol. The van der Waals surface area contributed by atoms with Crippen LogP contribution in [0.2, 0.25) is 0 Å². The van der Waals surface area contributed by atoms with Crippen LogP contribution in [-0.4, -0.2) is 22.1 Å². The highest BCUT2D eigenvalue weighted by molar-refractivity contribution is 7.86. The maximum Gasteiger partial charge on any atom is 0.297 e. The van der Waals surface area contributed by atoms with Gasteiger partial charge in [-0.1, -0.05) is 0 Å². The van der Waals surface area contributed by atoms with Gasteiger partial charge in [-0.05, 0) is 24.3 Å². The molecule has 0 saturated heterocycles. The van der Waals surface area contributed by atoms with Crippen molar-refractivity contribution in [3.63, 3.8) is 0 Å². The predicted molar refractivity (Wildman–Crippen MR) is 59.6 cm³/mol. The van der Waals surface area contributed by atoms with Crippen LogP contribution in [0.5, 0.6) is 5.75 Å². The van der Waals surface area contributed by atoms with Gasteiger partial charge in [0.15, 0.2) is 0 Å². The lowest BCUT2D eigenvalue weighted by molar-refractivity contribution is 0.326. The summed E-state index contributed by atoms with van der Waals surface area (Å²) in [5.41, 5.74) is 0. The molecule has 0 aromatic heterocycles. The Morgan fingerprint density at radius 3 is 2.44 bits per heavy atom. The molecule has 0 atom stereocenters. The molecule has 0 heterocycles. The molecule has 0 aliphatic rings. The summed E-state index contributed by atoms with van der Waals surface area (Å²) in [5.74, 6) is 2.89. The third-order valence-corrected chi connectivity index (χ3v) is 3.16. The van der Waals surface area contributed by atoms with Crippen molar-refractivity contribution in [1.29, 1.82) is 0 Å². The van der Waals surface area contributed by atoms with E-state index in [9.17, 15) is 8.42 Å². The molecule has 0 unspecified atom stereocenters. The van der Waals surface area contributed by atoms with Gasteiger partial charge in [-0.15, -0.1) is 12.3 Å². The number of hydrogen-bond donors (Lipinski definition) is 0. The fourth-order valence-corrected chi connectivity index (χ4v) is 1.93. The largest absolute Gasteiger partial charge is 0.497 e. The maximum absolute atomic E-state index is 11.6. The van der Waals surface area contributed by atoms with Crippen LogP contribution in [0.3, 0.4) is 0 Å². The lowest BCUT2D eigenvalue weighted by Gasteiger charge is -2.04. The van der Waals surface area contributed by atoms with Crippen LogP contribution in [0.15, 0.2) is 29.2 Å². The van der Waals surface area contributed by atoms with E-state index in [1.54, 1.807) is 12.1 Å². The second-order valence-electron chi connectivity index (χ2n) is 2.91. The molecule has 4 nitrogen and oxygen atoms in total. The first kappa shape index (κ1) is 12.6. The Morgan fingerprint density at radius 2 is 1.94 bits per heavy atom. The second kappa shape index (κ2) is 5.54. The second-order valence-corrected chi connectivity index (χ2v) is 4.52. The van der Waals surface area contributed by atoms with Crippen molar-refractivity contribution in [2.24, 2.45) is 0 Å². The summed E-state index contributed by atoms with van der Waals surface area (Å²) in [6.45, 7) is -0.00906. The van der Waals surface area contributed by atoms with E-state index in [4.69, 9.17) is 15.3 Å². The molecule has 0 spiro atoms. The number of ether oxygens (including phenoxy) is 1. The van der Waals surface area contributed by atoms with E-state index in [1.165, 1.54) is 19.2 Å². The molecule has 0 saturated carbocycles. The Kier molecular flexibility index (Phi) is 4.35. The van der Waals surface area contributed by atoms with Gasteiger partial charge in [0.25, 0.3) is 10.1 Å². The predicted octanol–water partition coefficient (Wildman–Crippen LogP) is 1.42. The van der Waals surface area contributed by atoms with Crippen molar-refractivity contribution in [3.05, 3.63) is 24.3 Å². The van der Waals surface area contributed by atoms with Crippen LogP contribution < -0.4 is 4.74 Å². The molecule has 0 aliphatic carbocycles. The van der Waals surface area contributed by atoms with Gasteiger partial charge in [-0.3, -0.25) is 4.18 Å². The van der Waals surface area contributed by atoms with Crippen molar-refractivity contribution in [2.75, 3.05) is 13.7 Å². The van der Waals surface area contributed by atoms with E-state index in [2.05, 4.69) is 5.92 Å². The Labute approximate surface area is 95.3 Å². The average molecular weight is 240 g/mol. The average Bonchev–Trinajstić information content (AvgIpc) is 2.29. The van der Waals surface area contributed by atoms with Gasteiger partial charge in [-0.2, -0.15) is 8.42 Å². The van der Waals surface area contributed by atoms with E-state index >= 15 is 0 Å². The van der Waals surface area contributed by atoms with Gasteiger partial charge in [-0.25, -0.2) is 0 Å². The van der Waals surface area contributed by atoms with E-state index in [-0.39, 0.29) is 17.9 Å². The van der Waals surface area contributed by atoms with Crippen LogP contribution in [0, 0.1) is 12.3 Å². The smallest absolute Gasteiger partial charge is 0.297 e. The van der Waals surface area contributed by atoms with Gasteiger partial charge in [0.05, 0.1) is 18.6 Å². The number of methoxy groups -OCH3 is 1. The zero-order valence-electron chi connectivity index (χ0n) is 8.84. The molecular formula is C11H12O4S. The van der Waals surface area contributed by atoms with Crippen molar-refractivity contribution in [3.8, 4) is 18.1 Å². The van der Waals surface area contributed by atoms with Gasteiger partial charge >= 0.3 is 0 Å². The summed E-state index contributed by atoms with van der Waals surface area (Å²) in [4.78, 5) is 0.0883. The Bertz CT molecular complexity index is 468. The summed E-state index contributed by atoms with van der Waals surface area (Å²) in [5, 5.41) is 0. The van der Waals surface area contributed by atoms with Crippen molar-refractivity contribution < 1.29 is 17.3 Å². The highest BCUT2D eigenvalue weighted by Crippen LogP contribution is 2.17. The molecular weight excluding hydrogens is 228 g/mol. The topological polar surface area (TPSA) is 52.6 Å². The molecule has 0 N–H and O–H groups in total. The zero-order chi connectivity index (χ0) is 12.0. The van der Waals surface area contributed by atoms with Gasteiger partial charge in [0.1, 0.15) is 5.75 Å². The molecule has 0 bridgehead atoms. The van der Waals surface area contributed by atoms with Crippen LogP contribution in [0.1, 0.15) is 6.42 Å². The lowest BCUT2D eigenvalue weighted by atomic mass is 10.3. The normalized spacial score (nSPS) is 10.8. The Balaban J connectivity index is 2.78. The van der Waals surface area contributed by atoms with Crippen molar-refractivity contribution >= 4 is 10.1 Å². The number of rotatable bonds is 5. The molecule has 0 fully saturated rings. The summed E-state index contributed by atoms with van der Waals surface area (Å²) in [6.07, 6.45) is 5.25. The molecule has 1 aromatic carbocycles. The summed E-state index contributed by atoms with van der Waals surface area (Å²) >= 11 is 0. The highest BCUT2D eigenvalue weighted by Gasteiger charge is 2.14. The fraction of sp³-hybridized carbons (Fsp3) is 0.273. The summed E-state index contributed by atoms with van der Waals surface area (Å²) in [7, 11) is -2.20. The number of benzene rings is 1. The summed E-state index contributed by atoms with van der Waals surface area (Å²) < 4.78 is 32.8. The van der Waals surface area contributed by atoms with E-state index in [0.29, 0.717) is 5.75 Å². The standard InChI is InChI=1S/C11H12O4S/c1-3-4-9-15-16(12,13)11-7-5-10(14-2)6-8-11/h1,5-8H,4,9H2,2H3. The molecule has 1 aromatic rings. The molecule has 0 amide bonds. The van der Waals surface area contributed by atoms with Crippen molar-refractivity contribution in [1.82, 2.24) is 0 Å². The Morgan fingerprint density at radius 1 is 1.31 bits per heavy atom. The van der Waals surface area contributed by atoms with Crippen LogP contribution in [0.4, 0.5) is 0 Å². The molecule has 16 heavy (non-hydrogen) atoms. The SMILES string of the molecule is C#CCCOS(=O)(=O)c1ccc(OC)cc1. The maximum atomic E-state index is 11.6. The third-order valence-electron chi connectivity index (χ3n) is 1.83. The minimum absolute atomic E-state index is 0.00906.